The van der Waals surface area contributed by atoms with Crippen LogP contribution in [0.1, 0.15) is 58.4 Å². The van der Waals surface area contributed by atoms with E-state index in [4.69, 9.17) is 10.5 Å². The van der Waals surface area contributed by atoms with Crippen LogP contribution in [0.2, 0.25) is 0 Å². The van der Waals surface area contributed by atoms with E-state index in [9.17, 15) is 4.79 Å². The average Bonchev–Trinajstić information content (AvgIpc) is 2.37. The number of amides is 1. The van der Waals surface area contributed by atoms with Gasteiger partial charge in [0.2, 0.25) is 0 Å². The van der Waals surface area contributed by atoms with Crippen LogP contribution in [0.3, 0.4) is 0 Å². The van der Waals surface area contributed by atoms with E-state index in [0.29, 0.717) is 0 Å². The topological polar surface area (TPSA) is 64.3 Å². The molecule has 3 N–H and O–H groups in total. The molecule has 0 spiro atoms. The van der Waals surface area contributed by atoms with Gasteiger partial charge < -0.3 is 10.5 Å². The zero-order valence-electron chi connectivity index (χ0n) is 13.2. The predicted molar refractivity (Wildman–Crippen MR) is 85.2 cm³/mol. The monoisotopic (exact) mass is 290 g/mol. The lowest BCUT2D eigenvalue weighted by Gasteiger charge is -2.34. The van der Waals surface area contributed by atoms with Gasteiger partial charge in [0, 0.05) is 11.2 Å². The van der Waals surface area contributed by atoms with Crippen molar-refractivity contribution in [2.45, 2.75) is 64.0 Å². The lowest BCUT2D eigenvalue weighted by atomic mass is 9.77. The van der Waals surface area contributed by atoms with E-state index < -0.39 is 11.7 Å². The standard InChI is InChI=1S/C17H26N2O2/c1-16(2,3)21-15(20)19-14-9-7-8-13(12-14)17(18)10-5-4-6-11-17/h7-9,12H,4-6,10-11,18H2,1-3H3,(H,19,20). The first-order chi connectivity index (χ1) is 9.78. The number of nitrogens with two attached hydrogens (primary N) is 1. The largest absolute Gasteiger partial charge is 0.444 e. The minimum absolute atomic E-state index is 0.260. The lowest BCUT2D eigenvalue weighted by Crippen LogP contribution is -2.38. The number of carbonyl (C=O) groups is 1. The van der Waals surface area contributed by atoms with E-state index in [0.717, 1.165) is 24.1 Å². The summed E-state index contributed by atoms with van der Waals surface area (Å²) in [4.78, 5) is 11.8. The summed E-state index contributed by atoms with van der Waals surface area (Å²) in [5.41, 5.74) is 7.60. The second-order valence-corrected chi connectivity index (χ2v) is 6.92. The molecule has 1 amide bonds. The van der Waals surface area contributed by atoms with Crippen molar-refractivity contribution >= 4 is 11.8 Å². The van der Waals surface area contributed by atoms with Crippen LogP contribution in [-0.2, 0) is 10.3 Å². The summed E-state index contributed by atoms with van der Waals surface area (Å²) in [6.07, 6.45) is 5.16. The number of anilines is 1. The Morgan fingerprint density at radius 3 is 2.52 bits per heavy atom. The van der Waals surface area contributed by atoms with Gasteiger partial charge >= 0.3 is 6.09 Å². The molecule has 1 fully saturated rings. The van der Waals surface area contributed by atoms with Crippen LogP contribution in [0.15, 0.2) is 24.3 Å². The Labute approximate surface area is 127 Å². The van der Waals surface area contributed by atoms with Gasteiger partial charge in [-0.15, -0.1) is 0 Å². The Morgan fingerprint density at radius 1 is 1.24 bits per heavy atom. The fourth-order valence-electron chi connectivity index (χ4n) is 2.80. The lowest BCUT2D eigenvalue weighted by molar-refractivity contribution is 0.0636. The molecule has 1 saturated carbocycles. The van der Waals surface area contributed by atoms with E-state index >= 15 is 0 Å². The summed E-state index contributed by atoms with van der Waals surface area (Å²) in [7, 11) is 0. The van der Waals surface area contributed by atoms with Gasteiger partial charge in [-0.2, -0.15) is 0 Å². The van der Waals surface area contributed by atoms with Crippen LogP contribution in [0.4, 0.5) is 10.5 Å². The summed E-state index contributed by atoms with van der Waals surface area (Å²) < 4.78 is 5.27. The molecule has 0 atom stereocenters. The van der Waals surface area contributed by atoms with E-state index in [2.05, 4.69) is 5.32 Å². The molecule has 0 unspecified atom stereocenters. The second kappa shape index (κ2) is 6.06. The molecule has 21 heavy (non-hydrogen) atoms. The molecule has 116 valence electrons. The van der Waals surface area contributed by atoms with Crippen molar-refractivity contribution in [3.05, 3.63) is 29.8 Å². The third-order valence-electron chi connectivity index (χ3n) is 3.83. The fourth-order valence-corrected chi connectivity index (χ4v) is 2.80. The number of hydrogen-bond donors (Lipinski definition) is 2. The summed E-state index contributed by atoms with van der Waals surface area (Å²) in [5, 5.41) is 2.78. The zero-order chi connectivity index (χ0) is 15.5. The van der Waals surface area contributed by atoms with Crippen molar-refractivity contribution in [2.24, 2.45) is 5.73 Å². The Hall–Kier alpha value is -1.55. The SMILES string of the molecule is CC(C)(C)OC(=O)Nc1cccc(C2(N)CCCCC2)c1. The van der Waals surface area contributed by atoms with Crippen molar-refractivity contribution in [1.82, 2.24) is 0 Å². The minimum Gasteiger partial charge on any atom is -0.444 e. The maximum absolute atomic E-state index is 11.8. The van der Waals surface area contributed by atoms with Crippen molar-refractivity contribution in [3.8, 4) is 0 Å². The highest BCUT2D eigenvalue weighted by atomic mass is 16.6. The molecule has 1 aromatic rings. The van der Waals surface area contributed by atoms with Gasteiger partial charge in [0.15, 0.2) is 0 Å². The van der Waals surface area contributed by atoms with Gasteiger partial charge in [0.05, 0.1) is 0 Å². The number of ether oxygens (including phenoxy) is 1. The molecule has 0 radical (unpaired) electrons. The Balaban J connectivity index is 2.09. The molecule has 4 nitrogen and oxygen atoms in total. The Kier molecular flexibility index (Phi) is 4.57. The van der Waals surface area contributed by atoms with Crippen LogP contribution in [-0.4, -0.2) is 11.7 Å². The highest BCUT2D eigenvalue weighted by Crippen LogP contribution is 2.35. The highest BCUT2D eigenvalue weighted by molar-refractivity contribution is 5.85. The molecular weight excluding hydrogens is 264 g/mol. The first-order valence-corrected chi connectivity index (χ1v) is 7.68. The van der Waals surface area contributed by atoms with Crippen LogP contribution >= 0.6 is 0 Å². The number of hydrogen-bond acceptors (Lipinski definition) is 3. The van der Waals surface area contributed by atoms with Crippen LogP contribution in [0, 0.1) is 0 Å². The smallest absolute Gasteiger partial charge is 0.412 e. The van der Waals surface area contributed by atoms with Crippen LogP contribution < -0.4 is 11.1 Å². The quantitative estimate of drug-likeness (QED) is 0.860. The van der Waals surface area contributed by atoms with Crippen molar-refractivity contribution < 1.29 is 9.53 Å². The van der Waals surface area contributed by atoms with Gasteiger partial charge in [0.1, 0.15) is 5.60 Å². The second-order valence-electron chi connectivity index (χ2n) is 6.92. The van der Waals surface area contributed by atoms with Crippen LogP contribution in [0.5, 0.6) is 0 Å². The van der Waals surface area contributed by atoms with E-state index in [1.54, 1.807) is 0 Å². The normalized spacial score (nSPS) is 18.1. The molecule has 1 aromatic carbocycles. The molecule has 0 aromatic heterocycles. The van der Waals surface area contributed by atoms with Crippen molar-refractivity contribution in [3.63, 3.8) is 0 Å². The summed E-state index contributed by atoms with van der Waals surface area (Å²) >= 11 is 0. The minimum atomic E-state index is -0.500. The molecule has 4 heteroatoms. The molecule has 1 aliphatic carbocycles. The Morgan fingerprint density at radius 2 is 1.90 bits per heavy atom. The van der Waals surface area contributed by atoms with E-state index in [1.165, 1.54) is 19.3 Å². The molecule has 0 heterocycles. The number of carbonyl (C=O) groups excluding carboxylic acids is 1. The predicted octanol–water partition coefficient (Wildman–Crippen LogP) is 4.15. The summed E-state index contributed by atoms with van der Waals surface area (Å²) in [6, 6.07) is 7.81. The van der Waals surface area contributed by atoms with Gasteiger partial charge in [-0.1, -0.05) is 31.4 Å². The first kappa shape index (κ1) is 15.8. The number of benzene rings is 1. The van der Waals surface area contributed by atoms with Crippen molar-refractivity contribution in [2.75, 3.05) is 5.32 Å². The summed E-state index contributed by atoms with van der Waals surface area (Å²) in [5.74, 6) is 0. The van der Waals surface area contributed by atoms with E-state index in [1.807, 2.05) is 45.0 Å². The highest BCUT2D eigenvalue weighted by Gasteiger charge is 2.29. The third kappa shape index (κ3) is 4.46. The average molecular weight is 290 g/mol. The van der Waals surface area contributed by atoms with Crippen LogP contribution in [0.25, 0.3) is 0 Å². The third-order valence-corrected chi connectivity index (χ3v) is 3.83. The molecule has 0 saturated heterocycles. The van der Waals surface area contributed by atoms with Gasteiger partial charge in [-0.25, -0.2) is 4.79 Å². The molecular formula is C17H26N2O2. The first-order valence-electron chi connectivity index (χ1n) is 7.68. The molecule has 0 bridgehead atoms. The van der Waals surface area contributed by atoms with Crippen molar-refractivity contribution in [1.29, 1.82) is 0 Å². The number of rotatable bonds is 2. The Bertz CT molecular complexity index is 500. The van der Waals surface area contributed by atoms with Gasteiger partial charge in [0.25, 0.3) is 0 Å². The molecule has 1 aliphatic rings. The maximum Gasteiger partial charge on any atom is 0.412 e. The summed E-state index contributed by atoms with van der Waals surface area (Å²) in [6.45, 7) is 5.54. The van der Waals surface area contributed by atoms with E-state index in [-0.39, 0.29) is 5.54 Å². The zero-order valence-corrected chi connectivity index (χ0v) is 13.2. The van der Waals surface area contributed by atoms with Gasteiger partial charge in [-0.3, -0.25) is 5.32 Å². The number of nitrogens with one attached hydrogen (secondary N) is 1. The molecule has 2 rings (SSSR count). The fraction of sp³-hybridized carbons (Fsp3) is 0.588. The van der Waals surface area contributed by atoms with Gasteiger partial charge in [-0.05, 0) is 51.3 Å². The maximum atomic E-state index is 11.8. The molecule has 0 aliphatic heterocycles.